The van der Waals surface area contributed by atoms with E-state index in [1.165, 1.54) is 30.5 Å². The normalized spacial score (nSPS) is 10.0. The zero-order chi connectivity index (χ0) is 14.8. The fourth-order valence-electron chi connectivity index (χ4n) is 2.07. The van der Waals surface area contributed by atoms with Crippen molar-refractivity contribution in [2.24, 2.45) is 0 Å². The van der Waals surface area contributed by atoms with Crippen LogP contribution in [0, 0.1) is 5.82 Å². The quantitative estimate of drug-likeness (QED) is 0.752. The molecule has 2 N–H and O–H groups in total. The molecule has 0 unspecified atom stereocenters. The Hall–Kier alpha value is -2.95. The number of carbonyl (C=O) groups is 1. The predicted octanol–water partition coefficient (Wildman–Crippen LogP) is 3.97. The van der Waals surface area contributed by atoms with Crippen LogP contribution >= 0.6 is 0 Å². The first-order chi connectivity index (χ1) is 10.2. The fourth-order valence-corrected chi connectivity index (χ4v) is 2.07. The van der Waals surface area contributed by atoms with Crippen molar-refractivity contribution in [2.45, 2.75) is 7.43 Å². The molecule has 1 aromatic heterocycles. The molecule has 0 aliphatic rings. The Morgan fingerprint density at radius 2 is 1.86 bits per heavy atom. The summed E-state index contributed by atoms with van der Waals surface area (Å²) in [4.78, 5) is 16.2. The van der Waals surface area contributed by atoms with E-state index in [0.717, 1.165) is 5.39 Å². The highest BCUT2D eigenvalue weighted by molar-refractivity contribution is 6.09. The van der Waals surface area contributed by atoms with Crippen LogP contribution in [0.4, 0.5) is 10.1 Å². The molecule has 0 fully saturated rings. The number of halogens is 1. The van der Waals surface area contributed by atoms with Crippen molar-refractivity contribution in [1.82, 2.24) is 4.98 Å². The molecule has 1 amide bonds. The number of pyridine rings is 1. The summed E-state index contributed by atoms with van der Waals surface area (Å²) >= 11 is 0. The van der Waals surface area contributed by atoms with Crippen LogP contribution in [0.1, 0.15) is 17.8 Å². The second kappa shape index (κ2) is 6.22. The van der Waals surface area contributed by atoms with E-state index in [9.17, 15) is 14.3 Å². The maximum Gasteiger partial charge on any atom is 0.259 e. The van der Waals surface area contributed by atoms with Crippen molar-refractivity contribution in [3.63, 3.8) is 0 Å². The lowest BCUT2D eigenvalue weighted by Gasteiger charge is -2.09. The van der Waals surface area contributed by atoms with Gasteiger partial charge in [0.15, 0.2) is 5.75 Å². The number of benzene rings is 2. The summed E-state index contributed by atoms with van der Waals surface area (Å²) in [5.41, 5.74) is 0.436. The Morgan fingerprint density at radius 3 is 2.64 bits per heavy atom. The molecule has 0 saturated carbocycles. The van der Waals surface area contributed by atoms with E-state index in [4.69, 9.17) is 0 Å². The molecule has 0 bridgehead atoms. The Bertz CT molecular complexity index is 834. The van der Waals surface area contributed by atoms with Gasteiger partial charge in [-0.3, -0.25) is 9.78 Å². The number of aromatic hydroxyl groups is 1. The number of phenols is 1. The van der Waals surface area contributed by atoms with E-state index < -0.39 is 11.7 Å². The number of rotatable bonds is 2. The van der Waals surface area contributed by atoms with Crippen LogP contribution in [-0.4, -0.2) is 16.0 Å². The molecule has 0 aliphatic carbocycles. The van der Waals surface area contributed by atoms with E-state index in [2.05, 4.69) is 10.3 Å². The van der Waals surface area contributed by atoms with Gasteiger partial charge < -0.3 is 10.4 Å². The zero-order valence-corrected chi connectivity index (χ0v) is 10.9. The molecule has 0 saturated heterocycles. The van der Waals surface area contributed by atoms with Gasteiger partial charge in [-0.15, -0.1) is 0 Å². The molecule has 3 aromatic rings. The predicted molar refractivity (Wildman–Crippen MR) is 84.5 cm³/mol. The van der Waals surface area contributed by atoms with Gasteiger partial charge in [-0.05, 0) is 24.3 Å². The SMILES string of the molecule is C.O=C(Nc1ccccc1F)c1ccc2cccnc2c1O. The maximum absolute atomic E-state index is 13.5. The van der Waals surface area contributed by atoms with Crippen LogP contribution in [0.5, 0.6) is 5.75 Å². The molecule has 1 heterocycles. The van der Waals surface area contributed by atoms with Gasteiger partial charge in [-0.25, -0.2) is 4.39 Å². The van der Waals surface area contributed by atoms with E-state index in [1.807, 2.05) is 0 Å². The summed E-state index contributed by atoms with van der Waals surface area (Å²) in [5, 5.41) is 13.3. The molecule has 0 radical (unpaired) electrons. The molecule has 4 nitrogen and oxygen atoms in total. The van der Waals surface area contributed by atoms with Crippen LogP contribution in [0.2, 0.25) is 0 Å². The second-order valence-corrected chi connectivity index (χ2v) is 4.47. The van der Waals surface area contributed by atoms with Gasteiger partial charge in [-0.1, -0.05) is 31.7 Å². The van der Waals surface area contributed by atoms with Crippen molar-refractivity contribution in [3.05, 3.63) is 66.1 Å². The minimum Gasteiger partial charge on any atom is -0.505 e. The Balaban J connectivity index is 0.00000176. The number of nitrogens with zero attached hydrogens (tertiary/aromatic N) is 1. The smallest absolute Gasteiger partial charge is 0.259 e. The highest BCUT2D eigenvalue weighted by Crippen LogP contribution is 2.27. The number of amides is 1. The van der Waals surface area contributed by atoms with Crippen LogP contribution in [0.15, 0.2) is 54.7 Å². The zero-order valence-electron chi connectivity index (χ0n) is 10.9. The number of fused-ring (bicyclic) bond motifs is 1. The molecule has 2 aromatic carbocycles. The molecule has 0 spiro atoms. The Morgan fingerprint density at radius 1 is 1.09 bits per heavy atom. The lowest BCUT2D eigenvalue weighted by molar-refractivity contribution is 0.102. The summed E-state index contributed by atoms with van der Waals surface area (Å²) in [6, 6.07) is 12.5. The van der Waals surface area contributed by atoms with Crippen LogP contribution in [-0.2, 0) is 0 Å². The lowest BCUT2D eigenvalue weighted by Crippen LogP contribution is -2.13. The average molecular weight is 298 g/mol. The Kier molecular flexibility index (Phi) is 4.36. The van der Waals surface area contributed by atoms with Crippen molar-refractivity contribution in [2.75, 3.05) is 5.32 Å². The van der Waals surface area contributed by atoms with Crippen LogP contribution in [0.25, 0.3) is 10.9 Å². The first kappa shape index (κ1) is 15.4. The van der Waals surface area contributed by atoms with Crippen LogP contribution < -0.4 is 5.32 Å². The number of carbonyl (C=O) groups excluding carboxylic acids is 1. The second-order valence-electron chi connectivity index (χ2n) is 4.47. The van der Waals surface area contributed by atoms with Crippen LogP contribution in [0.3, 0.4) is 0 Å². The number of aromatic nitrogens is 1. The molecule has 0 aliphatic heterocycles. The van der Waals surface area contributed by atoms with Crippen molar-refractivity contribution < 1.29 is 14.3 Å². The molecule has 3 rings (SSSR count). The monoisotopic (exact) mass is 298 g/mol. The molecule has 112 valence electrons. The number of anilines is 1. The van der Waals surface area contributed by atoms with Gasteiger partial charge in [0.1, 0.15) is 11.3 Å². The van der Waals surface area contributed by atoms with Gasteiger partial charge in [0.05, 0.1) is 11.3 Å². The summed E-state index contributed by atoms with van der Waals surface area (Å²) in [5.74, 6) is -1.35. The molecular formula is C17H15FN2O2. The van der Waals surface area contributed by atoms with Gasteiger partial charge >= 0.3 is 0 Å². The van der Waals surface area contributed by atoms with Crippen molar-refractivity contribution in [1.29, 1.82) is 0 Å². The van der Waals surface area contributed by atoms with Gasteiger partial charge in [-0.2, -0.15) is 0 Å². The summed E-state index contributed by atoms with van der Waals surface area (Å²) in [6.45, 7) is 0. The third-order valence-electron chi connectivity index (χ3n) is 3.11. The van der Waals surface area contributed by atoms with Crippen molar-refractivity contribution in [3.8, 4) is 5.75 Å². The van der Waals surface area contributed by atoms with Gasteiger partial charge in [0, 0.05) is 11.6 Å². The summed E-state index contributed by atoms with van der Waals surface area (Å²) in [6.07, 6.45) is 1.53. The summed E-state index contributed by atoms with van der Waals surface area (Å²) < 4.78 is 13.5. The molecule has 0 atom stereocenters. The number of hydrogen-bond donors (Lipinski definition) is 2. The number of hydrogen-bond acceptors (Lipinski definition) is 3. The van der Waals surface area contributed by atoms with Gasteiger partial charge in [0.2, 0.25) is 0 Å². The first-order valence-corrected chi connectivity index (χ1v) is 6.29. The highest BCUT2D eigenvalue weighted by Gasteiger charge is 2.15. The minimum absolute atomic E-state index is 0. The first-order valence-electron chi connectivity index (χ1n) is 6.29. The highest BCUT2D eigenvalue weighted by atomic mass is 19.1. The Labute approximate surface area is 127 Å². The summed E-state index contributed by atoms with van der Waals surface area (Å²) in [7, 11) is 0. The van der Waals surface area contributed by atoms with E-state index in [-0.39, 0.29) is 24.4 Å². The molecular weight excluding hydrogens is 283 g/mol. The standard InChI is InChI=1S/C16H11FN2O2.CH4/c17-12-5-1-2-6-13(12)19-16(21)11-8-7-10-4-3-9-18-14(10)15(11)20;/h1-9,20H,(H,19,21);1H4. The maximum atomic E-state index is 13.5. The minimum atomic E-state index is -0.592. The van der Waals surface area contributed by atoms with E-state index in [1.54, 1.807) is 24.3 Å². The topological polar surface area (TPSA) is 62.2 Å². The van der Waals surface area contributed by atoms with E-state index in [0.29, 0.717) is 5.52 Å². The molecule has 5 heteroatoms. The van der Waals surface area contributed by atoms with Crippen molar-refractivity contribution >= 4 is 22.5 Å². The molecule has 22 heavy (non-hydrogen) atoms. The fraction of sp³-hybridized carbons (Fsp3) is 0.0588. The number of phenolic OH excluding ortho intramolecular Hbond substituents is 1. The number of para-hydroxylation sites is 1. The average Bonchev–Trinajstić information content (AvgIpc) is 2.50. The lowest BCUT2D eigenvalue weighted by atomic mass is 10.1. The third kappa shape index (κ3) is 2.74. The largest absolute Gasteiger partial charge is 0.505 e. The number of nitrogens with one attached hydrogen (secondary N) is 1. The van der Waals surface area contributed by atoms with E-state index >= 15 is 0 Å². The van der Waals surface area contributed by atoms with Gasteiger partial charge in [0.25, 0.3) is 5.91 Å². The third-order valence-corrected chi connectivity index (χ3v) is 3.11.